The molecule has 0 amide bonds. The van der Waals surface area contributed by atoms with Crippen molar-refractivity contribution in [3.63, 3.8) is 0 Å². The van der Waals surface area contributed by atoms with E-state index in [1.54, 1.807) is 7.11 Å². The summed E-state index contributed by atoms with van der Waals surface area (Å²) in [5, 5.41) is 3.49. The molecule has 0 atom stereocenters. The van der Waals surface area contributed by atoms with Crippen molar-refractivity contribution in [2.45, 2.75) is 51.0 Å². The molecule has 2 aromatic carbocycles. The van der Waals surface area contributed by atoms with E-state index in [0.29, 0.717) is 0 Å². The summed E-state index contributed by atoms with van der Waals surface area (Å²) in [6.45, 7) is 2.10. The first kappa shape index (κ1) is 19.7. The molecule has 0 radical (unpaired) electrons. The molecule has 4 fully saturated rings. The second kappa shape index (κ2) is 7.58. The van der Waals surface area contributed by atoms with E-state index in [9.17, 15) is 0 Å². The maximum Gasteiger partial charge on any atom is 0.193 e. The van der Waals surface area contributed by atoms with E-state index in [4.69, 9.17) is 19.7 Å². The lowest BCUT2D eigenvalue weighted by Gasteiger charge is -2.54. The van der Waals surface area contributed by atoms with Crippen molar-refractivity contribution in [1.29, 1.82) is 0 Å². The first-order chi connectivity index (χ1) is 15.6. The minimum atomic E-state index is 0.0542. The molecular formula is C27H30N4O. The molecule has 4 bridgehead atoms. The number of methoxy groups -OCH3 is 1. The molecule has 32 heavy (non-hydrogen) atoms. The first-order valence-electron chi connectivity index (χ1n) is 11.8. The van der Waals surface area contributed by atoms with Gasteiger partial charge in [0.1, 0.15) is 5.75 Å². The van der Waals surface area contributed by atoms with Crippen LogP contribution in [0.3, 0.4) is 0 Å². The van der Waals surface area contributed by atoms with Crippen molar-refractivity contribution in [3.05, 3.63) is 59.7 Å². The van der Waals surface area contributed by atoms with Crippen molar-refractivity contribution < 1.29 is 4.74 Å². The van der Waals surface area contributed by atoms with Crippen LogP contribution in [0.2, 0.25) is 0 Å². The van der Waals surface area contributed by atoms with E-state index in [-0.39, 0.29) is 5.54 Å². The molecule has 5 nitrogen and oxygen atoms in total. The zero-order valence-electron chi connectivity index (χ0n) is 18.8. The van der Waals surface area contributed by atoms with E-state index < -0.39 is 0 Å². The highest BCUT2D eigenvalue weighted by Gasteiger charge is 2.51. The number of nitrogens with zero attached hydrogens (tertiary/aromatic N) is 3. The fourth-order valence-electron chi connectivity index (χ4n) is 6.57. The van der Waals surface area contributed by atoms with Crippen LogP contribution in [-0.2, 0) is 0 Å². The summed E-state index contributed by atoms with van der Waals surface area (Å²) >= 11 is 0. The van der Waals surface area contributed by atoms with Crippen LogP contribution in [0.5, 0.6) is 5.75 Å². The van der Waals surface area contributed by atoms with E-state index in [2.05, 4.69) is 36.5 Å². The van der Waals surface area contributed by atoms with Crippen molar-refractivity contribution in [1.82, 2.24) is 0 Å². The molecule has 5 heteroatoms. The SMILES string of the molecule is COc1ccc(NC2=NC(c3ccc(C)cc3)=NC2=NC23CC4CC(CC(C4)C2)C3)cc1. The highest BCUT2D eigenvalue weighted by molar-refractivity contribution is 6.51. The number of nitrogens with one attached hydrogen (secondary N) is 1. The van der Waals surface area contributed by atoms with Crippen LogP contribution < -0.4 is 10.1 Å². The summed E-state index contributed by atoms with van der Waals surface area (Å²) in [5.74, 6) is 5.64. The highest BCUT2D eigenvalue weighted by Crippen LogP contribution is 2.57. The number of hydrogen-bond donors (Lipinski definition) is 1. The largest absolute Gasteiger partial charge is 0.497 e. The van der Waals surface area contributed by atoms with Crippen LogP contribution in [0.15, 0.2) is 63.5 Å². The first-order valence-corrected chi connectivity index (χ1v) is 11.8. The Morgan fingerprint density at radius 1 is 0.875 bits per heavy atom. The van der Waals surface area contributed by atoms with Gasteiger partial charge in [0.15, 0.2) is 17.5 Å². The van der Waals surface area contributed by atoms with Crippen molar-refractivity contribution >= 4 is 23.2 Å². The molecule has 7 rings (SSSR count). The summed E-state index contributed by atoms with van der Waals surface area (Å²) in [4.78, 5) is 15.2. The fourth-order valence-corrected chi connectivity index (χ4v) is 6.57. The fraction of sp³-hybridized carbons (Fsp3) is 0.444. The van der Waals surface area contributed by atoms with Gasteiger partial charge in [0, 0.05) is 11.3 Å². The molecule has 1 aliphatic heterocycles. The lowest BCUT2D eigenvalue weighted by atomic mass is 9.53. The maximum atomic E-state index is 5.38. The van der Waals surface area contributed by atoms with Gasteiger partial charge in [0.2, 0.25) is 0 Å². The van der Waals surface area contributed by atoms with Crippen LogP contribution in [0.4, 0.5) is 5.69 Å². The van der Waals surface area contributed by atoms with Crippen LogP contribution >= 0.6 is 0 Å². The summed E-state index contributed by atoms with van der Waals surface area (Å²) in [7, 11) is 1.68. The third kappa shape index (κ3) is 3.64. The van der Waals surface area contributed by atoms with E-state index >= 15 is 0 Å². The van der Waals surface area contributed by atoms with Gasteiger partial charge in [0.05, 0.1) is 12.6 Å². The molecule has 1 N–H and O–H groups in total. The molecule has 5 aliphatic rings. The summed E-state index contributed by atoms with van der Waals surface area (Å²) in [6.07, 6.45) is 7.88. The van der Waals surface area contributed by atoms with Crippen LogP contribution in [0, 0.1) is 24.7 Å². The Kier molecular flexibility index (Phi) is 4.67. The number of benzene rings is 2. The van der Waals surface area contributed by atoms with Crippen LogP contribution in [-0.4, -0.2) is 30.2 Å². The zero-order chi connectivity index (χ0) is 21.7. The number of aryl methyl sites for hydroxylation is 1. The van der Waals surface area contributed by atoms with Gasteiger partial charge in [-0.2, -0.15) is 0 Å². The molecular weight excluding hydrogens is 396 g/mol. The van der Waals surface area contributed by atoms with Gasteiger partial charge >= 0.3 is 0 Å². The number of ether oxygens (including phenoxy) is 1. The Morgan fingerprint density at radius 3 is 2.09 bits per heavy atom. The van der Waals surface area contributed by atoms with Crippen LogP contribution in [0.1, 0.15) is 49.7 Å². The van der Waals surface area contributed by atoms with E-state index in [1.807, 2.05) is 24.3 Å². The Labute approximate surface area is 189 Å². The van der Waals surface area contributed by atoms with Crippen molar-refractivity contribution in [2.24, 2.45) is 32.7 Å². The minimum absolute atomic E-state index is 0.0542. The lowest BCUT2D eigenvalue weighted by molar-refractivity contribution is 0.00174. The Balaban J connectivity index is 1.35. The van der Waals surface area contributed by atoms with Crippen molar-refractivity contribution in [2.75, 3.05) is 12.4 Å². The predicted molar refractivity (Wildman–Crippen MR) is 130 cm³/mol. The van der Waals surface area contributed by atoms with Crippen molar-refractivity contribution in [3.8, 4) is 5.75 Å². The number of rotatable bonds is 4. The third-order valence-electron chi connectivity index (χ3n) is 7.65. The molecule has 0 spiro atoms. The highest BCUT2D eigenvalue weighted by atomic mass is 16.5. The summed E-state index contributed by atoms with van der Waals surface area (Å²) in [6, 6.07) is 16.3. The smallest absolute Gasteiger partial charge is 0.193 e. The average Bonchev–Trinajstić information content (AvgIpc) is 3.15. The molecule has 4 saturated carbocycles. The molecule has 4 aliphatic carbocycles. The Hall–Kier alpha value is -2.95. The Bertz CT molecular complexity index is 1080. The standard InChI is InChI=1S/C27H30N4O/c1-17-3-5-21(6-4-17)24-29-25(28-22-7-9-23(32-2)10-8-22)26(30-24)31-27-14-18-11-19(15-27)13-20(12-18)16-27/h3-10,18-20H,11-16H2,1-2H3,(H,28,29,30,31). The Morgan fingerprint density at radius 2 is 1.50 bits per heavy atom. The van der Waals surface area contributed by atoms with Gasteiger partial charge in [-0.3, -0.25) is 4.99 Å². The maximum absolute atomic E-state index is 5.38. The average molecular weight is 427 g/mol. The molecule has 164 valence electrons. The summed E-state index contributed by atoms with van der Waals surface area (Å²) in [5.41, 5.74) is 3.28. The molecule has 1 heterocycles. The third-order valence-corrected chi connectivity index (χ3v) is 7.65. The second-order valence-corrected chi connectivity index (χ2v) is 10.2. The summed E-state index contributed by atoms with van der Waals surface area (Å²) < 4.78 is 5.30. The normalized spacial score (nSPS) is 31.6. The second-order valence-electron chi connectivity index (χ2n) is 10.2. The monoisotopic (exact) mass is 426 g/mol. The number of amidine groups is 3. The van der Waals surface area contributed by atoms with E-state index in [0.717, 1.165) is 52.3 Å². The van der Waals surface area contributed by atoms with Gasteiger partial charge < -0.3 is 10.1 Å². The number of hydrogen-bond acceptors (Lipinski definition) is 4. The molecule has 0 unspecified atom stereocenters. The van der Waals surface area contributed by atoms with Gasteiger partial charge in [-0.05, 0) is 87.5 Å². The molecule has 0 aromatic heterocycles. The van der Waals surface area contributed by atoms with Gasteiger partial charge in [0.25, 0.3) is 0 Å². The van der Waals surface area contributed by atoms with Crippen LogP contribution in [0.25, 0.3) is 0 Å². The lowest BCUT2D eigenvalue weighted by Crippen LogP contribution is -2.50. The zero-order valence-corrected chi connectivity index (χ0v) is 18.8. The predicted octanol–water partition coefficient (Wildman–Crippen LogP) is 5.64. The number of anilines is 1. The van der Waals surface area contributed by atoms with Gasteiger partial charge in [-0.1, -0.05) is 29.8 Å². The van der Waals surface area contributed by atoms with Gasteiger partial charge in [-0.15, -0.1) is 0 Å². The molecule has 2 aromatic rings. The number of aliphatic imine (C=N–C) groups is 3. The molecule has 0 saturated heterocycles. The minimum Gasteiger partial charge on any atom is -0.497 e. The van der Waals surface area contributed by atoms with E-state index in [1.165, 1.54) is 44.1 Å². The topological polar surface area (TPSA) is 58.3 Å². The quantitative estimate of drug-likeness (QED) is 0.688. The van der Waals surface area contributed by atoms with Gasteiger partial charge in [-0.25, -0.2) is 9.98 Å².